The molecule has 186 valence electrons. The van der Waals surface area contributed by atoms with Gasteiger partial charge in [0.15, 0.2) is 0 Å². The van der Waals surface area contributed by atoms with Gasteiger partial charge in [0, 0.05) is 44.4 Å². The summed E-state index contributed by atoms with van der Waals surface area (Å²) >= 11 is 0. The zero-order valence-corrected chi connectivity index (χ0v) is 22.9. The molecule has 6 rings (SSSR count). The molecule has 0 radical (unpaired) electrons. The van der Waals surface area contributed by atoms with Crippen LogP contribution < -0.4 is 11.1 Å². The predicted octanol–water partition coefficient (Wildman–Crippen LogP) is 9.90. The summed E-state index contributed by atoms with van der Waals surface area (Å²) in [5.74, 6) is 0.833. The molecular formula is C35H36N2. The number of hydrogen-bond donors (Lipinski definition) is 2. The lowest BCUT2D eigenvalue weighted by molar-refractivity contribution is 0.737. The van der Waals surface area contributed by atoms with Crippen LogP contribution in [0.1, 0.15) is 62.4 Å². The number of rotatable bonds is 2. The third-order valence-corrected chi connectivity index (χ3v) is 7.20. The van der Waals surface area contributed by atoms with Crippen LogP contribution in [0.4, 0.5) is 5.69 Å². The predicted molar refractivity (Wildman–Crippen MR) is 168 cm³/mol. The van der Waals surface area contributed by atoms with Gasteiger partial charge < -0.3 is 11.1 Å². The lowest BCUT2D eigenvalue weighted by Gasteiger charge is -2.27. The largest absolute Gasteiger partial charge is 0.398 e. The SMILES string of the molecule is C=C(C)c1ccc2c3c(N)cc4c5c(ccc(c6c(C)cc(C(=C)C)c1c26)c53)C(=C)NC4=C.CC(C)C. The van der Waals surface area contributed by atoms with Crippen molar-refractivity contribution < 1.29 is 0 Å². The monoisotopic (exact) mass is 484 g/mol. The Morgan fingerprint density at radius 3 is 1.86 bits per heavy atom. The lowest BCUT2D eigenvalue weighted by atomic mass is 9.80. The molecule has 1 aliphatic heterocycles. The highest BCUT2D eigenvalue weighted by Gasteiger charge is 2.26. The average molecular weight is 485 g/mol. The summed E-state index contributed by atoms with van der Waals surface area (Å²) in [5.41, 5.74) is 17.1. The van der Waals surface area contributed by atoms with Crippen molar-refractivity contribution in [3.8, 4) is 0 Å². The van der Waals surface area contributed by atoms with E-state index in [0.29, 0.717) is 0 Å². The molecule has 0 aliphatic carbocycles. The second-order valence-electron chi connectivity index (χ2n) is 11.2. The van der Waals surface area contributed by atoms with Crippen LogP contribution in [0, 0.1) is 12.8 Å². The van der Waals surface area contributed by atoms with Crippen molar-refractivity contribution in [2.75, 3.05) is 5.73 Å². The standard InChI is InChI=1S/C31H26N2.C4H10/c1-14(2)19-8-10-22-29-25(32)13-24-18(7)33-17(6)20-9-11-21(31(29)28(20)24)26-16(5)12-23(15(3)4)27(19)30(22)26;1-4(2)3/h8-13,33H,1,3,6-7,32H2,2,4-5H3;4H,1-3H3. The molecule has 5 aromatic carbocycles. The van der Waals surface area contributed by atoms with Crippen molar-refractivity contribution in [2.45, 2.75) is 41.5 Å². The van der Waals surface area contributed by atoms with Gasteiger partial charge >= 0.3 is 0 Å². The van der Waals surface area contributed by atoms with E-state index in [4.69, 9.17) is 5.73 Å². The van der Waals surface area contributed by atoms with Crippen molar-refractivity contribution in [3.63, 3.8) is 0 Å². The third-order valence-electron chi connectivity index (χ3n) is 7.20. The second kappa shape index (κ2) is 8.52. The van der Waals surface area contributed by atoms with Crippen molar-refractivity contribution in [2.24, 2.45) is 5.92 Å². The molecular weight excluding hydrogens is 448 g/mol. The Bertz CT molecular complexity index is 1830. The van der Waals surface area contributed by atoms with Crippen molar-refractivity contribution in [1.82, 2.24) is 5.32 Å². The lowest BCUT2D eigenvalue weighted by Crippen LogP contribution is -2.16. The fraction of sp³-hybridized carbons (Fsp3) is 0.200. The van der Waals surface area contributed by atoms with Crippen LogP contribution in [0.3, 0.4) is 0 Å². The quantitative estimate of drug-likeness (QED) is 0.149. The number of nitrogens with two attached hydrogens (primary N) is 1. The minimum atomic E-state index is 0.764. The molecule has 0 atom stereocenters. The van der Waals surface area contributed by atoms with Gasteiger partial charge in [-0.15, -0.1) is 0 Å². The van der Waals surface area contributed by atoms with Gasteiger partial charge in [0.2, 0.25) is 0 Å². The van der Waals surface area contributed by atoms with Crippen LogP contribution >= 0.6 is 0 Å². The fourth-order valence-electron chi connectivity index (χ4n) is 5.84. The van der Waals surface area contributed by atoms with E-state index in [0.717, 1.165) is 56.2 Å². The Morgan fingerprint density at radius 1 is 0.703 bits per heavy atom. The highest BCUT2D eigenvalue weighted by molar-refractivity contribution is 6.38. The Labute approximate surface area is 220 Å². The second-order valence-corrected chi connectivity index (χ2v) is 11.2. The maximum Gasteiger partial charge on any atom is 0.0407 e. The first-order valence-corrected chi connectivity index (χ1v) is 12.9. The number of allylic oxidation sites excluding steroid dienone is 2. The molecule has 0 amide bonds. The van der Waals surface area contributed by atoms with E-state index in [1.54, 1.807) is 0 Å². The summed E-state index contributed by atoms with van der Waals surface area (Å²) in [7, 11) is 0. The van der Waals surface area contributed by atoms with E-state index < -0.39 is 0 Å². The number of anilines is 1. The number of hydrogen-bond acceptors (Lipinski definition) is 2. The third kappa shape index (κ3) is 3.54. The van der Waals surface area contributed by atoms with Crippen molar-refractivity contribution >= 4 is 71.3 Å². The maximum atomic E-state index is 6.79. The number of nitrogen functional groups attached to an aromatic ring is 1. The average Bonchev–Trinajstić information content (AvgIpc) is 2.81. The molecule has 0 saturated heterocycles. The molecule has 1 aliphatic rings. The molecule has 2 nitrogen and oxygen atoms in total. The van der Waals surface area contributed by atoms with Gasteiger partial charge in [-0.1, -0.05) is 88.6 Å². The Hall–Kier alpha value is -4.04. The van der Waals surface area contributed by atoms with Crippen LogP contribution in [-0.2, 0) is 0 Å². The first kappa shape index (κ1) is 24.6. The number of nitrogens with one attached hydrogen (secondary N) is 1. The van der Waals surface area contributed by atoms with E-state index in [9.17, 15) is 0 Å². The Kier molecular flexibility index (Phi) is 5.68. The minimum Gasteiger partial charge on any atom is -0.398 e. The maximum absolute atomic E-state index is 6.79. The summed E-state index contributed by atoms with van der Waals surface area (Å²) in [6.07, 6.45) is 0. The number of aryl methyl sites for hydroxylation is 1. The van der Waals surface area contributed by atoms with E-state index in [1.807, 2.05) is 0 Å². The Balaban J connectivity index is 0.000000655. The van der Waals surface area contributed by atoms with Crippen molar-refractivity contribution in [1.29, 1.82) is 0 Å². The van der Waals surface area contributed by atoms with Crippen LogP contribution in [0.5, 0.6) is 0 Å². The van der Waals surface area contributed by atoms with E-state index in [2.05, 4.69) is 110 Å². The molecule has 2 heteroatoms. The molecule has 0 bridgehead atoms. The van der Waals surface area contributed by atoms with Gasteiger partial charge in [0.05, 0.1) is 0 Å². The Morgan fingerprint density at radius 2 is 1.24 bits per heavy atom. The first-order valence-electron chi connectivity index (χ1n) is 12.9. The molecule has 0 unspecified atom stereocenters. The highest BCUT2D eigenvalue weighted by atomic mass is 14.9. The molecule has 37 heavy (non-hydrogen) atoms. The van der Waals surface area contributed by atoms with Crippen molar-refractivity contribution in [3.05, 3.63) is 90.5 Å². The molecule has 0 saturated carbocycles. The summed E-state index contributed by atoms with van der Waals surface area (Å²) in [6, 6.07) is 13.1. The highest BCUT2D eigenvalue weighted by Crippen LogP contribution is 2.50. The van der Waals surface area contributed by atoms with E-state index >= 15 is 0 Å². The van der Waals surface area contributed by atoms with Gasteiger partial charge in [-0.25, -0.2) is 0 Å². The van der Waals surface area contributed by atoms with E-state index in [1.165, 1.54) is 48.8 Å². The summed E-state index contributed by atoms with van der Waals surface area (Å²) in [5, 5.41) is 12.9. The summed E-state index contributed by atoms with van der Waals surface area (Å²) in [6.45, 7) is 29.9. The minimum absolute atomic E-state index is 0.764. The van der Waals surface area contributed by atoms with Crippen LogP contribution in [-0.4, -0.2) is 0 Å². The molecule has 1 heterocycles. The summed E-state index contributed by atoms with van der Waals surface area (Å²) in [4.78, 5) is 0. The van der Waals surface area contributed by atoms with Crippen LogP contribution in [0.25, 0.3) is 65.6 Å². The fourth-order valence-corrected chi connectivity index (χ4v) is 5.84. The number of benzene rings is 5. The van der Waals surface area contributed by atoms with Crippen LogP contribution in [0.2, 0.25) is 0 Å². The zero-order valence-electron chi connectivity index (χ0n) is 22.9. The molecule has 5 aromatic rings. The molecule has 0 aromatic heterocycles. The first-order chi connectivity index (χ1) is 17.4. The van der Waals surface area contributed by atoms with Gasteiger partial charge in [-0.05, 0) is 76.4 Å². The summed E-state index contributed by atoms with van der Waals surface area (Å²) < 4.78 is 0. The van der Waals surface area contributed by atoms with Gasteiger partial charge in [0.1, 0.15) is 0 Å². The number of fused-ring (bicyclic) bond motifs is 2. The molecule has 3 N–H and O–H groups in total. The van der Waals surface area contributed by atoms with Gasteiger partial charge in [-0.3, -0.25) is 0 Å². The van der Waals surface area contributed by atoms with Gasteiger partial charge in [-0.2, -0.15) is 0 Å². The topological polar surface area (TPSA) is 38.0 Å². The smallest absolute Gasteiger partial charge is 0.0407 e. The van der Waals surface area contributed by atoms with E-state index in [-0.39, 0.29) is 0 Å². The molecule has 0 spiro atoms. The van der Waals surface area contributed by atoms with Crippen LogP contribution in [0.15, 0.2) is 62.7 Å². The normalized spacial score (nSPS) is 12.9. The van der Waals surface area contributed by atoms with Gasteiger partial charge in [0.25, 0.3) is 0 Å². The molecule has 0 fully saturated rings. The zero-order chi connectivity index (χ0) is 26.9.